The van der Waals surface area contributed by atoms with Gasteiger partial charge in [0.05, 0.1) is 12.0 Å². The normalized spacial score (nSPS) is 11.5. The second-order valence-electron chi connectivity index (χ2n) is 7.45. The summed E-state index contributed by atoms with van der Waals surface area (Å²) in [6.07, 6.45) is 0. The molecule has 0 fully saturated rings. The molecule has 0 bridgehead atoms. The van der Waals surface area contributed by atoms with Crippen molar-refractivity contribution in [3.8, 4) is 22.6 Å². The minimum Gasteiger partial charge on any atom is -0.494 e. The number of hydrogen-bond donors (Lipinski definition) is 2. The molecule has 186 valence electrons. The highest BCUT2D eigenvalue weighted by molar-refractivity contribution is 7.89. The zero-order chi connectivity index (χ0) is 25.9. The third kappa shape index (κ3) is 5.84. The number of sulfonamides is 1. The molecule has 0 spiro atoms. The molecule has 0 atom stereocenters. The summed E-state index contributed by atoms with van der Waals surface area (Å²) in [5, 5.41) is 8.91. The van der Waals surface area contributed by atoms with Crippen LogP contribution in [0.4, 0.5) is 18.9 Å². The van der Waals surface area contributed by atoms with E-state index in [1.54, 1.807) is 0 Å². The summed E-state index contributed by atoms with van der Waals surface area (Å²) in [5.74, 6) is -4.16. The molecular weight excluding hydrogens is 489 g/mol. The lowest BCUT2D eigenvalue weighted by Gasteiger charge is -2.20. The number of ether oxygens (including phenoxy) is 2. The number of anilines is 1. The Bertz CT molecular complexity index is 1360. The molecule has 0 saturated carbocycles. The Balaban J connectivity index is 2.02. The first-order chi connectivity index (χ1) is 16.4. The summed E-state index contributed by atoms with van der Waals surface area (Å²) in [7, 11) is -1.84. The second-order valence-corrected chi connectivity index (χ2v) is 9.50. The maximum atomic E-state index is 14.9. The van der Waals surface area contributed by atoms with Gasteiger partial charge in [-0.25, -0.2) is 26.4 Å². The molecule has 0 saturated heterocycles. The van der Waals surface area contributed by atoms with Crippen molar-refractivity contribution in [2.24, 2.45) is 0 Å². The van der Waals surface area contributed by atoms with Crippen molar-refractivity contribution in [1.82, 2.24) is 4.31 Å². The van der Waals surface area contributed by atoms with E-state index in [1.807, 2.05) is 0 Å². The van der Waals surface area contributed by atoms with Crippen LogP contribution in [-0.2, 0) is 21.4 Å². The highest BCUT2D eigenvalue weighted by atomic mass is 32.2. The van der Waals surface area contributed by atoms with Gasteiger partial charge < -0.3 is 20.3 Å². The molecule has 0 amide bonds. The maximum absolute atomic E-state index is 14.9. The number of nitrogens with two attached hydrogens (primary N) is 1. The Morgan fingerprint density at radius 3 is 2.34 bits per heavy atom. The summed E-state index contributed by atoms with van der Waals surface area (Å²) in [6.45, 7) is -1.28. The third-order valence-corrected chi connectivity index (χ3v) is 6.75. The van der Waals surface area contributed by atoms with Crippen LogP contribution in [0.5, 0.6) is 11.5 Å². The zero-order valence-electron chi connectivity index (χ0n) is 18.6. The predicted octanol–water partition coefficient (Wildman–Crippen LogP) is 3.65. The van der Waals surface area contributed by atoms with E-state index in [4.69, 9.17) is 20.3 Å². The van der Waals surface area contributed by atoms with Crippen molar-refractivity contribution < 1.29 is 41.0 Å². The second kappa shape index (κ2) is 10.2. The Morgan fingerprint density at radius 2 is 1.74 bits per heavy atom. The Morgan fingerprint density at radius 1 is 1.03 bits per heavy atom. The van der Waals surface area contributed by atoms with Crippen LogP contribution in [0, 0.1) is 17.5 Å². The van der Waals surface area contributed by atoms with Crippen molar-refractivity contribution in [1.29, 1.82) is 0 Å². The van der Waals surface area contributed by atoms with Crippen molar-refractivity contribution in [3.05, 3.63) is 71.5 Å². The van der Waals surface area contributed by atoms with Gasteiger partial charge in [-0.3, -0.25) is 0 Å². The van der Waals surface area contributed by atoms with Gasteiger partial charge in [-0.15, -0.1) is 0 Å². The number of halogens is 3. The number of carbonyl (C=O) groups is 1. The van der Waals surface area contributed by atoms with E-state index in [0.29, 0.717) is 0 Å². The smallest absolute Gasteiger partial charge is 0.341 e. The lowest BCUT2D eigenvalue weighted by atomic mass is 10.0. The highest BCUT2D eigenvalue weighted by Gasteiger charge is 2.25. The van der Waals surface area contributed by atoms with Crippen molar-refractivity contribution in [3.63, 3.8) is 0 Å². The SMILES string of the molecule is COc1ccc(S(=O)(=O)N(C)Cc2cc(-c3cc(N)cc(F)c3)c(OCC(=O)O)cc2F)cc1F. The van der Waals surface area contributed by atoms with Crippen LogP contribution in [-0.4, -0.2) is 44.6 Å². The lowest BCUT2D eigenvalue weighted by Crippen LogP contribution is -2.27. The van der Waals surface area contributed by atoms with Crippen LogP contribution < -0.4 is 15.2 Å². The molecule has 0 aliphatic heterocycles. The van der Waals surface area contributed by atoms with E-state index in [0.717, 1.165) is 40.7 Å². The van der Waals surface area contributed by atoms with Gasteiger partial charge in [-0.05, 0) is 48.0 Å². The molecule has 35 heavy (non-hydrogen) atoms. The standard InChI is InChI=1S/C23H21F3N2O6S/c1-28(35(31,32)17-3-4-21(33-2)20(26)9-17)11-14-7-18(13-5-15(24)8-16(27)6-13)22(10-19(14)25)34-12-23(29)30/h3-10H,11-12,27H2,1-2H3,(H,29,30). The van der Waals surface area contributed by atoms with Gasteiger partial charge in [0, 0.05) is 36.5 Å². The van der Waals surface area contributed by atoms with Crippen LogP contribution in [0.25, 0.3) is 11.1 Å². The predicted molar refractivity (Wildman–Crippen MR) is 121 cm³/mol. The first kappa shape index (κ1) is 25.8. The number of nitrogen functional groups attached to an aromatic ring is 1. The summed E-state index contributed by atoms with van der Waals surface area (Å²) < 4.78 is 79.5. The molecular formula is C23H21F3N2O6S. The van der Waals surface area contributed by atoms with Gasteiger partial charge in [0.25, 0.3) is 0 Å². The first-order valence-corrected chi connectivity index (χ1v) is 11.4. The van der Waals surface area contributed by atoms with E-state index in [9.17, 15) is 26.4 Å². The molecule has 12 heteroatoms. The number of nitrogens with zero attached hydrogens (tertiary/aromatic N) is 1. The third-order valence-electron chi connectivity index (χ3n) is 4.96. The fourth-order valence-electron chi connectivity index (χ4n) is 3.29. The zero-order valence-corrected chi connectivity index (χ0v) is 19.4. The van der Waals surface area contributed by atoms with Gasteiger partial charge in [0.1, 0.15) is 17.4 Å². The molecule has 0 heterocycles. The number of methoxy groups -OCH3 is 1. The maximum Gasteiger partial charge on any atom is 0.341 e. The number of benzene rings is 3. The Hall–Kier alpha value is -3.77. The molecule has 0 aliphatic rings. The van der Waals surface area contributed by atoms with E-state index in [1.165, 1.54) is 26.3 Å². The molecule has 3 aromatic carbocycles. The monoisotopic (exact) mass is 510 g/mol. The van der Waals surface area contributed by atoms with Crippen LogP contribution in [0.2, 0.25) is 0 Å². The molecule has 0 aromatic heterocycles. The van der Waals surface area contributed by atoms with E-state index >= 15 is 0 Å². The lowest BCUT2D eigenvalue weighted by molar-refractivity contribution is -0.139. The fourth-order valence-corrected chi connectivity index (χ4v) is 4.45. The van der Waals surface area contributed by atoms with Crippen molar-refractivity contribution in [2.75, 3.05) is 26.5 Å². The summed E-state index contributed by atoms with van der Waals surface area (Å²) in [4.78, 5) is 10.6. The molecule has 3 aromatic rings. The largest absolute Gasteiger partial charge is 0.494 e. The topological polar surface area (TPSA) is 119 Å². The number of carboxylic acids is 1. The van der Waals surface area contributed by atoms with Crippen molar-refractivity contribution >= 4 is 21.7 Å². The number of aliphatic carboxylic acids is 1. The van der Waals surface area contributed by atoms with Gasteiger partial charge in [-0.1, -0.05) is 0 Å². The van der Waals surface area contributed by atoms with Gasteiger partial charge in [0.15, 0.2) is 18.2 Å². The van der Waals surface area contributed by atoms with E-state index < -0.39 is 46.6 Å². The minimum atomic E-state index is -4.24. The molecule has 0 unspecified atom stereocenters. The van der Waals surface area contributed by atoms with Crippen LogP contribution in [0.1, 0.15) is 5.56 Å². The van der Waals surface area contributed by atoms with Crippen LogP contribution in [0.15, 0.2) is 53.4 Å². The summed E-state index contributed by atoms with van der Waals surface area (Å²) >= 11 is 0. The molecule has 0 aliphatic carbocycles. The first-order valence-electron chi connectivity index (χ1n) is 9.95. The van der Waals surface area contributed by atoms with Crippen LogP contribution in [0.3, 0.4) is 0 Å². The summed E-state index contributed by atoms with van der Waals surface area (Å²) in [6, 6.07) is 8.68. The number of carboxylic acid groups (broad SMARTS) is 1. The Kier molecular flexibility index (Phi) is 7.56. The number of hydrogen-bond acceptors (Lipinski definition) is 6. The van der Waals surface area contributed by atoms with Gasteiger partial charge in [-0.2, -0.15) is 4.31 Å². The Labute approximate surface area is 199 Å². The van der Waals surface area contributed by atoms with Crippen molar-refractivity contribution in [2.45, 2.75) is 11.4 Å². The average molecular weight is 510 g/mol. The average Bonchev–Trinajstić information content (AvgIpc) is 2.78. The van der Waals surface area contributed by atoms with Crippen LogP contribution >= 0.6 is 0 Å². The summed E-state index contributed by atoms with van der Waals surface area (Å²) in [5.41, 5.74) is 5.87. The van der Waals surface area contributed by atoms with E-state index in [-0.39, 0.29) is 38.8 Å². The molecule has 3 N–H and O–H groups in total. The number of rotatable bonds is 9. The molecule has 8 nitrogen and oxygen atoms in total. The minimum absolute atomic E-state index is 0.0521. The fraction of sp³-hybridized carbons (Fsp3) is 0.174. The van der Waals surface area contributed by atoms with Gasteiger partial charge >= 0.3 is 5.97 Å². The molecule has 0 radical (unpaired) electrons. The van der Waals surface area contributed by atoms with Gasteiger partial charge in [0.2, 0.25) is 10.0 Å². The quantitative estimate of drug-likeness (QED) is 0.422. The highest BCUT2D eigenvalue weighted by Crippen LogP contribution is 2.35. The van der Waals surface area contributed by atoms with E-state index in [2.05, 4.69) is 0 Å². The molecule has 3 rings (SSSR count).